The third-order valence-corrected chi connectivity index (χ3v) is 2.66. The molecule has 0 bridgehead atoms. The van der Waals surface area contributed by atoms with Crippen molar-refractivity contribution in [3.05, 3.63) is 28.7 Å². The predicted molar refractivity (Wildman–Crippen MR) is 60.9 cm³/mol. The topological polar surface area (TPSA) is 59.3 Å². The van der Waals surface area contributed by atoms with E-state index in [4.69, 9.17) is 0 Å². The number of halogens is 3. The average Bonchev–Trinajstić information content (AvgIpc) is 2.67. The van der Waals surface area contributed by atoms with Gasteiger partial charge in [0.2, 0.25) is 0 Å². The van der Waals surface area contributed by atoms with Crippen molar-refractivity contribution in [1.82, 2.24) is 19.9 Å². The fourth-order valence-electron chi connectivity index (χ4n) is 1.86. The van der Waals surface area contributed by atoms with Gasteiger partial charge in [-0.2, -0.15) is 18.3 Å². The number of imidazole rings is 1. The normalized spacial score (nSPS) is 12.1. The summed E-state index contributed by atoms with van der Waals surface area (Å²) in [6, 6.07) is 1.42. The average molecular weight is 272 g/mol. The van der Waals surface area contributed by atoms with Crippen LogP contribution in [0.25, 0.3) is 5.65 Å². The van der Waals surface area contributed by atoms with Gasteiger partial charge in [0.25, 0.3) is 0 Å². The molecular weight excluding hydrogens is 261 g/mol. The van der Waals surface area contributed by atoms with Crippen LogP contribution in [0.2, 0.25) is 0 Å². The monoisotopic (exact) mass is 272 g/mol. The van der Waals surface area contributed by atoms with Crippen LogP contribution in [0.15, 0.2) is 6.07 Å². The summed E-state index contributed by atoms with van der Waals surface area (Å²) in [4.78, 5) is 14.4. The molecule has 8 heteroatoms. The third kappa shape index (κ3) is 2.30. The van der Waals surface area contributed by atoms with Gasteiger partial charge in [0.1, 0.15) is 5.69 Å². The molecule has 102 valence electrons. The minimum absolute atomic E-state index is 0.0620. The van der Waals surface area contributed by atoms with E-state index in [1.807, 2.05) is 0 Å². The van der Waals surface area contributed by atoms with Gasteiger partial charge in [0.05, 0.1) is 5.69 Å². The van der Waals surface area contributed by atoms with Gasteiger partial charge in [-0.3, -0.25) is 4.79 Å². The third-order valence-electron chi connectivity index (χ3n) is 2.66. The zero-order valence-corrected chi connectivity index (χ0v) is 10.2. The molecule has 2 aromatic rings. The van der Waals surface area contributed by atoms with E-state index in [-0.39, 0.29) is 17.0 Å². The van der Waals surface area contributed by atoms with Crippen LogP contribution >= 0.6 is 0 Å². The molecule has 0 saturated heterocycles. The smallest absolute Gasteiger partial charge is 0.316 e. The second kappa shape index (κ2) is 4.61. The van der Waals surface area contributed by atoms with Crippen molar-refractivity contribution in [2.45, 2.75) is 19.6 Å². The van der Waals surface area contributed by atoms with Crippen molar-refractivity contribution in [2.24, 2.45) is 0 Å². The first kappa shape index (κ1) is 13.5. The number of fused-ring (bicyclic) bond motifs is 1. The Balaban J connectivity index is 2.77. The molecule has 0 radical (unpaired) electrons. The summed E-state index contributed by atoms with van der Waals surface area (Å²) in [7, 11) is 1.65. The van der Waals surface area contributed by atoms with Crippen molar-refractivity contribution in [3.8, 4) is 0 Å². The number of aldehydes is 1. The summed E-state index contributed by atoms with van der Waals surface area (Å²) >= 11 is 0. The van der Waals surface area contributed by atoms with Crippen LogP contribution < -0.4 is 5.32 Å². The van der Waals surface area contributed by atoms with Gasteiger partial charge in [-0.1, -0.05) is 0 Å². The second-order valence-electron chi connectivity index (χ2n) is 4.02. The maximum Gasteiger partial charge on any atom is 0.435 e. The number of alkyl halides is 3. The van der Waals surface area contributed by atoms with Crippen LogP contribution in [0.3, 0.4) is 0 Å². The molecule has 2 rings (SSSR count). The Kier molecular flexibility index (Phi) is 3.27. The highest BCUT2D eigenvalue weighted by molar-refractivity contribution is 5.73. The van der Waals surface area contributed by atoms with E-state index in [1.54, 1.807) is 7.05 Å². The molecule has 0 aliphatic carbocycles. The summed E-state index contributed by atoms with van der Waals surface area (Å²) in [5.74, 6) is 0. The molecule has 0 aliphatic rings. The molecule has 5 nitrogen and oxygen atoms in total. The van der Waals surface area contributed by atoms with E-state index in [1.165, 1.54) is 13.0 Å². The van der Waals surface area contributed by atoms with E-state index in [2.05, 4.69) is 15.4 Å². The Labute approximate surface area is 106 Å². The first-order valence-corrected chi connectivity index (χ1v) is 5.44. The van der Waals surface area contributed by atoms with Crippen molar-refractivity contribution in [2.75, 3.05) is 7.05 Å². The molecule has 0 spiro atoms. The Bertz CT molecular complexity index is 633. The minimum Gasteiger partial charge on any atom is -0.316 e. The molecule has 19 heavy (non-hydrogen) atoms. The Morgan fingerprint density at radius 3 is 2.68 bits per heavy atom. The lowest BCUT2D eigenvalue weighted by Gasteiger charge is -2.04. The fraction of sp³-hybridized carbons (Fsp3) is 0.364. The number of rotatable bonds is 3. The SMILES string of the molecule is CNCc1cc(C=O)nn2c(C)c(C(F)(F)F)nc12. The largest absolute Gasteiger partial charge is 0.435 e. The summed E-state index contributed by atoms with van der Waals surface area (Å²) < 4.78 is 39.4. The molecule has 2 aromatic heterocycles. The number of aromatic nitrogens is 3. The lowest BCUT2D eigenvalue weighted by Crippen LogP contribution is -2.10. The zero-order chi connectivity index (χ0) is 14.2. The van der Waals surface area contributed by atoms with Gasteiger partial charge in [0.15, 0.2) is 17.6 Å². The highest BCUT2D eigenvalue weighted by Crippen LogP contribution is 2.31. The van der Waals surface area contributed by atoms with E-state index < -0.39 is 11.9 Å². The highest BCUT2D eigenvalue weighted by Gasteiger charge is 2.37. The summed E-state index contributed by atoms with van der Waals surface area (Å²) in [5.41, 5.74) is -0.473. The van der Waals surface area contributed by atoms with E-state index in [0.717, 1.165) is 4.52 Å². The number of nitrogens with one attached hydrogen (secondary N) is 1. The maximum absolute atomic E-state index is 12.8. The highest BCUT2D eigenvalue weighted by atomic mass is 19.4. The molecule has 1 N–H and O–H groups in total. The van der Waals surface area contributed by atoms with Crippen molar-refractivity contribution in [3.63, 3.8) is 0 Å². The summed E-state index contributed by atoms with van der Waals surface area (Å²) in [6.45, 7) is 1.56. The van der Waals surface area contributed by atoms with E-state index in [9.17, 15) is 18.0 Å². The molecule has 0 aliphatic heterocycles. The fourth-order valence-corrected chi connectivity index (χ4v) is 1.86. The Morgan fingerprint density at radius 1 is 1.47 bits per heavy atom. The Morgan fingerprint density at radius 2 is 2.16 bits per heavy atom. The molecule has 2 heterocycles. The van der Waals surface area contributed by atoms with Crippen LogP contribution in [0, 0.1) is 6.92 Å². The minimum atomic E-state index is -4.55. The van der Waals surface area contributed by atoms with Crippen LogP contribution in [-0.4, -0.2) is 27.9 Å². The molecule has 0 aromatic carbocycles. The van der Waals surface area contributed by atoms with Crippen molar-refractivity contribution in [1.29, 1.82) is 0 Å². The van der Waals surface area contributed by atoms with Gasteiger partial charge >= 0.3 is 6.18 Å². The summed E-state index contributed by atoms with van der Waals surface area (Å²) in [6.07, 6.45) is -4.05. The lowest BCUT2D eigenvalue weighted by atomic mass is 10.2. The standard InChI is InChI=1S/C11H11F3N4O/c1-6-9(11(12,13)14)16-10-7(4-15-2)3-8(5-19)17-18(6)10/h3,5,15H,4H2,1-2H3. The van der Waals surface area contributed by atoms with E-state index in [0.29, 0.717) is 18.4 Å². The van der Waals surface area contributed by atoms with Gasteiger partial charge in [-0.25, -0.2) is 9.50 Å². The second-order valence-corrected chi connectivity index (χ2v) is 4.02. The van der Waals surface area contributed by atoms with Crippen LogP contribution in [0.4, 0.5) is 13.2 Å². The van der Waals surface area contributed by atoms with Crippen molar-refractivity contribution >= 4 is 11.9 Å². The maximum atomic E-state index is 12.8. The Hall–Kier alpha value is -1.96. The molecule has 0 saturated carbocycles. The van der Waals surface area contributed by atoms with Gasteiger partial charge in [0, 0.05) is 12.1 Å². The molecular formula is C11H11F3N4O. The van der Waals surface area contributed by atoms with Crippen LogP contribution in [0.5, 0.6) is 0 Å². The van der Waals surface area contributed by atoms with Crippen LogP contribution in [-0.2, 0) is 12.7 Å². The number of carbonyl (C=O) groups excluding carboxylic acids is 1. The van der Waals surface area contributed by atoms with Gasteiger partial charge in [-0.05, 0) is 20.0 Å². The molecule has 0 unspecified atom stereocenters. The van der Waals surface area contributed by atoms with Gasteiger partial charge < -0.3 is 5.32 Å². The predicted octanol–water partition coefficient (Wildman–Crippen LogP) is 1.59. The number of carbonyl (C=O) groups is 1. The number of hydrogen-bond donors (Lipinski definition) is 1. The number of nitrogens with zero attached hydrogens (tertiary/aromatic N) is 3. The number of aryl methyl sites for hydroxylation is 1. The number of hydrogen-bond acceptors (Lipinski definition) is 4. The zero-order valence-electron chi connectivity index (χ0n) is 10.2. The van der Waals surface area contributed by atoms with Gasteiger partial charge in [-0.15, -0.1) is 0 Å². The molecule has 0 amide bonds. The first-order valence-electron chi connectivity index (χ1n) is 5.44. The first-order chi connectivity index (χ1) is 8.88. The molecule has 0 atom stereocenters. The quantitative estimate of drug-likeness (QED) is 0.862. The summed E-state index contributed by atoms with van der Waals surface area (Å²) in [5, 5.41) is 6.65. The van der Waals surface area contributed by atoms with E-state index >= 15 is 0 Å². The lowest BCUT2D eigenvalue weighted by molar-refractivity contribution is -0.141. The van der Waals surface area contributed by atoms with Crippen LogP contribution in [0.1, 0.15) is 27.4 Å². The van der Waals surface area contributed by atoms with Crippen molar-refractivity contribution < 1.29 is 18.0 Å². The molecule has 0 fully saturated rings.